The molecule has 2 heterocycles. The van der Waals surface area contributed by atoms with E-state index in [0.29, 0.717) is 21.6 Å². The predicted octanol–water partition coefficient (Wildman–Crippen LogP) is 2.71. The van der Waals surface area contributed by atoms with Crippen molar-refractivity contribution >= 4 is 35.1 Å². The highest BCUT2D eigenvalue weighted by molar-refractivity contribution is 8.18. The van der Waals surface area contributed by atoms with E-state index in [2.05, 4.69) is 15.5 Å². The summed E-state index contributed by atoms with van der Waals surface area (Å²) < 4.78 is 10.6. The Morgan fingerprint density at radius 3 is 2.69 bits per heavy atom. The largest absolute Gasteiger partial charge is 0.508 e. The SMILES string of the molecule is O=C1N/C(=N\N=C/c2ccc3c(c2)OCO3)S/C1=C/c1ccc(O)cc1. The van der Waals surface area contributed by atoms with E-state index in [4.69, 9.17) is 9.47 Å². The predicted molar refractivity (Wildman–Crippen MR) is 99.4 cm³/mol. The Kier molecular flexibility index (Phi) is 4.32. The first-order valence-electron chi connectivity index (χ1n) is 7.68. The van der Waals surface area contributed by atoms with Crippen LogP contribution in [-0.2, 0) is 4.79 Å². The number of carbonyl (C=O) groups is 1. The third-order valence-electron chi connectivity index (χ3n) is 3.59. The molecule has 0 saturated carbocycles. The van der Waals surface area contributed by atoms with Gasteiger partial charge in [-0.3, -0.25) is 10.1 Å². The number of phenols is 1. The zero-order chi connectivity index (χ0) is 17.9. The molecule has 2 aliphatic heterocycles. The summed E-state index contributed by atoms with van der Waals surface area (Å²) in [5.74, 6) is 1.32. The minimum absolute atomic E-state index is 0.177. The van der Waals surface area contributed by atoms with E-state index in [-0.39, 0.29) is 18.4 Å². The van der Waals surface area contributed by atoms with Crippen LogP contribution < -0.4 is 14.8 Å². The highest BCUT2D eigenvalue weighted by atomic mass is 32.2. The molecule has 0 aliphatic carbocycles. The number of aromatic hydroxyl groups is 1. The summed E-state index contributed by atoms with van der Waals surface area (Å²) in [5.41, 5.74) is 1.62. The molecule has 2 aromatic carbocycles. The average molecular weight is 367 g/mol. The van der Waals surface area contributed by atoms with Crippen molar-refractivity contribution in [3.8, 4) is 17.2 Å². The van der Waals surface area contributed by atoms with Gasteiger partial charge in [0.15, 0.2) is 16.7 Å². The van der Waals surface area contributed by atoms with Crippen LogP contribution in [0.1, 0.15) is 11.1 Å². The molecule has 7 nitrogen and oxygen atoms in total. The van der Waals surface area contributed by atoms with Gasteiger partial charge in [-0.1, -0.05) is 12.1 Å². The highest BCUT2D eigenvalue weighted by Crippen LogP contribution is 2.32. The lowest BCUT2D eigenvalue weighted by molar-refractivity contribution is -0.115. The molecule has 130 valence electrons. The number of nitrogens with zero attached hydrogens (tertiary/aromatic N) is 2. The Balaban J connectivity index is 1.45. The standard InChI is InChI=1S/C18H13N3O4S/c22-13-4-1-11(2-5-13)8-16-17(23)20-18(26-16)21-19-9-12-3-6-14-15(7-12)25-10-24-14/h1-9,22H,10H2,(H,20,21,23)/b16-8+,19-9-. The van der Waals surface area contributed by atoms with E-state index in [1.54, 1.807) is 42.6 Å². The van der Waals surface area contributed by atoms with Crippen molar-refractivity contribution < 1.29 is 19.4 Å². The van der Waals surface area contributed by atoms with E-state index >= 15 is 0 Å². The molecular formula is C18H13N3O4S. The molecule has 0 aromatic heterocycles. The number of carbonyl (C=O) groups excluding carboxylic acids is 1. The molecule has 0 spiro atoms. The summed E-state index contributed by atoms with van der Waals surface area (Å²) in [5, 5.41) is 20.4. The maximum absolute atomic E-state index is 12.0. The maximum Gasteiger partial charge on any atom is 0.264 e. The molecule has 1 amide bonds. The van der Waals surface area contributed by atoms with Crippen LogP contribution in [0.4, 0.5) is 0 Å². The van der Waals surface area contributed by atoms with Crippen LogP contribution >= 0.6 is 11.8 Å². The molecule has 2 aliphatic rings. The molecule has 8 heteroatoms. The summed E-state index contributed by atoms with van der Waals surface area (Å²) in [7, 11) is 0. The fourth-order valence-corrected chi connectivity index (χ4v) is 3.12. The Bertz CT molecular complexity index is 951. The topological polar surface area (TPSA) is 92.5 Å². The van der Waals surface area contributed by atoms with Gasteiger partial charge in [0.1, 0.15) is 5.75 Å². The van der Waals surface area contributed by atoms with Gasteiger partial charge < -0.3 is 14.6 Å². The first kappa shape index (κ1) is 16.2. The van der Waals surface area contributed by atoms with E-state index in [0.717, 1.165) is 11.1 Å². The minimum Gasteiger partial charge on any atom is -0.508 e. The van der Waals surface area contributed by atoms with Crippen molar-refractivity contribution in [2.45, 2.75) is 0 Å². The van der Waals surface area contributed by atoms with Gasteiger partial charge >= 0.3 is 0 Å². The number of benzene rings is 2. The van der Waals surface area contributed by atoms with Crippen molar-refractivity contribution in [1.82, 2.24) is 5.32 Å². The van der Waals surface area contributed by atoms with Crippen molar-refractivity contribution in [2.24, 2.45) is 10.2 Å². The summed E-state index contributed by atoms with van der Waals surface area (Å²) in [6.07, 6.45) is 3.30. The van der Waals surface area contributed by atoms with Crippen molar-refractivity contribution in [1.29, 1.82) is 0 Å². The van der Waals surface area contributed by atoms with Crippen LogP contribution in [-0.4, -0.2) is 29.2 Å². The zero-order valence-electron chi connectivity index (χ0n) is 13.4. The molecule has 0 bridgehead atoms. The fourth-order valence-electron chi connectivity index (χ4n) is 2.34. The summed E-state index contributed by atoms with van der Waals surface area (Å²) in [6.45, 7) is 0.219. The molecule has 0 radical (unpaired) electrons. The number of nitrogens with one attached hydrogen (secondary N) is 1. The molecule has 0 atom stereocenters. The van der Waals surface area contributed by atoms with Gasteiger partial charge in [0.2, 0.25) is 6.79 Å². The first-order chi connectivity index (χ1) is 12.7. The van der Waals surface area contributed by atoms with E-state index in [9.17, 15) is 9.90 Å². The van der Waals surface area contributed by atoms with Gasteiger partial charge in [-0.15, -0.1) is 5.10 Å². The van der Waals surface area contributed by atoms with Crippen LogP contribution in [0, 0.1) is 0 Å². The van der Waals surface area contributed by atoms with Crippen molar-refractivity contribution in [2.75, 3.05) is 6.79 Å². The lowest BCUT2D eigenvalue weighted by Gasteiger charge is -1.96. The summed E-state index contributed by atoms with van der Waals surface area (Å²) >= 11 is 1.20. The number of ether oxygens (including phenoxy) is 2. The number of fused-ring (bicyclic) bond motifs is 1. The minimum atomic E-state index is -0.236. The molecule has 1 fully saturated rings. The zero-order valence-corrected chi connectivity index (χ0v) is 14.2. The van der Waals surface area contributed by atoms with Crippen LogP contribution in [0.15, 0.2) is 57.6 Å². The second-order valence-corrected chi connectivity index (χ2v) is 6.45. The third kappa shape index (κ3) is 3.55. The smallest absolute Gasteiger partial charge is 0.264 e. The van der Waals surface area contributed by atoms with Gasteiger partial charge in [0, 0.05) is 0 Å². The van der Waals surface area contributed by atoms with Gasteiger partial charge in [-0.2, -0.15) is 5.10 Å². The molecule has 2 aromatic rings. The van der Waals surface area contributed by atoms with Crippen molar-refractivity contribution in [3.05, 3.63) is 58.5 Å². The average Bonchev–Trinajstić information content (AvgIpc) is 3.23. The molecule has 26 heavy (non-hydrogen) atoms. The second-order valence-electron chi connectivity index (χ2n) is 5.42. The molecule has 2 N–H and O–H groups in total. The Hall–Kier alpha value is -3.26. The molecule has 0 unspecified atom stereocenters. The summed E-state index contributed by atoms with van der Waals surface area (Å²) in [6, 6.07) is 12.0. The first-order valence-corrected chi connectivity index (χ1v) is 8.50. The molecular weight excluding hydrogens is 354 g/mol. The van der Waals surface area contributed by atoms with E-state index < -0.39 is 0 Å². The Morgan fingerprint density at radius 2 is 1.85 bits per heavy atom. The third-order valence-corrected chi connectivity index (χ3v) is 4.49. The second kappa shape index (κ2) is 6.93. The van der Waals surface area contributed by atoms with Gasteiger partial charge in [0.25, 0.3) is 5.91 Å². The number of amidine groups is 1. The monoisotopic (exact) mass is 367 g/mol. The lowest BCUT2D eigenvalue weighted by atomic mass is 10.2. The maximum atomic E-state index is 12.0. The number of hydrogen-bond donors (Lipinski definition) is 2. The molecule has 4 rings (SSSR count). The van der Waals surface area contributed by atoms with Gasteiger partial charge in [0.05, 0.1) is 11.1 Å². The van der Waals surface area contributed by atoms with Gasteiger partial charge in [-0.05, 0) is 59.3 Å². The number of thioether (sulfide) groups is 1. The summed E-state index contributed by atoms with van der Waals surface area (Å²) in [4.78, 5) is 12.5. The van der Waals surface area contributed by atoms with Crippen LogP contribution in [0.2, 0.25) is 0 Å². The lowest BCUT2D eigenvalue weighted by Crippen LogP contribution is -2.19. The van der Waals surface area contributed by atoms with E-state index in [1.165, 1.54) is 11.8 Å². The number of hydrogen-bond acceptors (Lipinski definition) is 7. The molecule has 1 saturated heterocycles. The van der Waals surface area contributed by atoms with Crippen LogP contribution in [0.3, 0.4) is 0 Å². The highest BCUT2D eigenvalue weighted by Gasteiger charge is 2.23. The normalized spacial score (nSPS) is 18.8. The number of phenolic OH excluding ortho intramolecular Hbond substituents is 1. The van der Waals surface area contributed by atoms with Crippen LogP contribution in [0.5, 0.6) is 17.2 Å². The fraction of sp³-hybridized carbons (Fsp3) is 0.0556. The number of rotatable bonds is 3. The Morgan fingerprint density at radius 1 is 1.08 bits per heavy atom. The number of amides is 1. The van der Waals surface area contributed by atoms with Gasteiger partial charge in [-0.25, -0.2) is 0 Å². The van der Waals surface area contributed by atoms with E-state index in [1.807, 2.05) is 12.1 Å². The van der Waals surface area contributed by atoms with Crippen LogP contribution in [0.25, 0.3) is 6.08 Å². The quantitative estimate of drug-likeness (QED) is 0.494. The Labute approximate surface area is 153 Å². The van der Waals surface area contributed by atoms with Crippen molar-refractivity contribution in [3.63, 3.8) is 0 Å².